The van der Waals surface area contributed by atoms with Crippen LogP contribution in [0.25, 0.3) is 0 Å². The average Bonchev–Trinajstić information content (AvgIpc) is 2.72. The van der Waals surface area contributed by atoms with Gasteiger partial charge in [-0.25, -0.2) is 0 Å². The number of Topliss-reactive ketones (excluding diaryl/α,β-unsaturated/α-hetero) is 1. The standard InChI is InChI=1S/C20H19F3N2O4S/c1-28-13-9-8-12(10-14(13)29-2)16-15(17(26)11-6-4-3-5-7-11)19(27,20(21,22)23)25-18(30)24-16/h3-10,15-16,27H,1-2H3,(H2,24,25,30)/t15-,16-,19+/m0/s1. The molecular formula is C20H19F3N2O4S. The number of ether oxygens (including phenoxy) is 2. The molecule has 2 aromatic carbocycles. The molecule has 1 heterocycles. The van der Waals surface area contributed by atoms with Gasteiger partial charge in [-0.2, -0.15) is 13.2 Å². The average molecular weight is 440 g/mol. The van der Waals surface area contributed by atoms with Crippen molar-refractivity contribution < 1.29 is 32.5 Å². The lowest BCUT2D eigenvalue weighted by Crippen LogP contribution is -2.72. The Labute approximate surface area is 176 Å². The van der Waals surface area contributed by atoms with Gasteiger partial charge in [-0.1, -0.05) is 36.4 Å². The molecule has 6 nitrogen and oxygen atoms in total. The van der Waals surface area contributed by atoms with Crippen LogP contribution in [0.15, 0.2) is 48.5 Å². The van der Waals surface area contributed by atoms with Gasteiger partial charge < -0.3 is 25.2 Å². The number of hydrogen-bond acceptors (Lipinski definition) is 5. The molecule has 0 saturated carbocycles. The van der Waals surface area contributed by atoms with E-state index in [1.54, 1.807) is 6.07 Å². The van der Waals surface area contributed by atoms with E-state index in [9.17, 15) is 23.1 Å². The number of rotatable bonds is 5. The lowest BCUT2D eigenvalue weighted by molar-refractivity contribution is -0.285. The molecule has 1 aliphatic heterocycles. The van der Waals surface area contributed by atoms with Gasteiger partial charge in [0.15, 0.2) is 22.4 Å². The van der Waals surface area contributed by atoms with Crippen LogP contribution in [0.2, 0.25) is 0 Å². The fourth-order valence-corrected chi connectivity index (χ4v) is 3.73. The van der Waals surface area contributed by atoms with Gasteiger partial charge in [0.1, 0.15) is 5.92 Å². The Morgan fingerprint density at radius 1 is 1.10 bits per heavy atom. The second-order valence-electron chi connectivity index (χ2n) is 6.66. The van der Waals surface area contributed by atoms with Crippen LogP contribution in [0.1, 0.15) is 22.0 Å². The third-order valence-corrected chi connectivity index (χ3v) is 5.13. The maximum Gasteiger partial charge on any atom is 0.437 e. The van der Waals surface area contributed by atoms with E-state index in [1.807, 2.05) is 5.32 Å². The van der Waals surface area contributed by atoms with E-state index in [0.29, 0.717) is 5.75 Å². The van der Waals surface area contributed by atoms with Gasteiger partial charge in [-0.3, -0.25) is 4.79 Å². The summed E-state index contributed by atoms with van der Waals surface area (Å²) in [6, 6.07) is 10.6. The van der Waals surface area contributed by atoms with Gasteiger partial charge in [0, 0.05) is 5.56 Å². The molecule has 0 spiro atoms. The van der Waals surface area contributed by atoms with Crippen LogP contribution in [0.4, 0.5) is 13.2 Å². The quantitative estimate of drug-likeness (QED) is 0.487. The van der Waals surface area contributed by atoms with Gasteiger partial charge in [0.05, 0.1) is 20.3 Å². The normalized spacial score (nSPS) is 23.9. The van der Waals surface area contributed by atoms with Crippen LogP contribution < -0.4 is 20.1 Å². The first kappa shape index (κ1) is 21.8. The number of carbonyl (C=O) groups is 1. The van der Waals surface area contributed by atoms with Crippen molar-refractivity contribution in [2.24, 2.45) is 5.92 Å². The van der Waals surface area contributed by atoms with Crippen molar-refractivity contribution in [3.05, 3.63) is 59.7 Å². The van der Waals surface area contributed by atoms with Crippen LogP contribution in [-0.2, 0) is 0 Å². The first-order chi connectivity index (χ1) is 14.1. The summed E-state index contributed by atoms with van der Waals surface area (Å²) in [4.78, 5) is 13.2. The maximum absolute atomic E-state index is 14.0. The molecule has 0 bridgehead atoms. The van der Waals surface area contributed by atoms with Crippen LogP contribution in [0.3, 0.4) is 0 Å². The summed E-state index contributed by atoms with van der Waals surface area (Å²) in [6.45, 7) is 0. The Kier molecular flexibility index (Phi) is 5.91. The zero-order valence-corrected chi connectivity index (χ0v) is 16.8. The van der Waals surface area contributed by atoms with Crippen molar-refractivity contribution in [2.45, 2.75) is 17.9 Å². The molecule has 3 N–H and O–H groups in total. The monoisotopic (exact) mass is 440 g/mol. The summed E-state index contributed by atoms with van der Waals surface area (Å²) in [6.07, 6.45) is -5.19. The SMILES string of the molecule is COc1ccc([C@@H]2NC(=S)N[C@](O)(C(F)(F)F)[C@@H]2C(=O)c2ccccc2)cc1OC. The maximum atomic E-state index is 14.0. The summed E-state index contributed by atoms with van der Waals surface area (Å²) >= 11 is 4.92. The fourth-order valence-electron chi connectivity index (χ4n) is 3.45. The van der Waals surface area contributed by atoms with E-state index in [0.717, 1.165) is 0 Å². The third kappa shape index (κ3) is 3.80. The van der Waals surface area contributed by atoms with Gasteiger partial charge in [-0.15, -0.1) is 0 Å². The number of methoxy groups -OCH3 is 2. The molecule has 1 fully saturated rings. The van der Waals surface area contributed by atoms with Crippen LogP contribution in [-0.4, -0.2) is 42.1 Å². The van der Waals surface area contributed by atoms with Gasteiger partial charge in [0.2, 0.25) is 5.72 Å². The number of carbonyl (C=O) groups excluding carboxylic acids is 1. The minimum Gasteiger partial charge on any atom is -0.493 e. The zero-order valence-electron chi connectivity index (χ0n) is 16.0. The second-order valence-corrected chi connectivity index (χ2v) is 7.07. The molecule has 0 unspecified atom stereocenters. The number of nitrogens with one attached hydrogen (secondary N) is 2. The molecule has 160 valence electrons. The number of thiocarbonyl (C=S) groups is 1. The molecule has 30 heavy (non-hydrogen) atoms. The number of aliphatic hydroxyl groups is 1. The van der Waals surface area contributed by atoms with Crippen molar-refractivity contribution in [3.63, 3.8) is 0 Å². The lowest BCUT2D eigenvalue weighted by atomic mass is 9.77. The van der Waals surface area contributed by atoms with Gasteiger partial charge >= 0.3 is 6.18 Å². The first-order valence-electron chi connectivity index (χ1n) is 8.81. The van der Waals surface area contributed by atoms with Crippen LogP contribution in [0, 0.1) is 5.92 Å². The summed E-state index contributed by atoms with van der Waals surface area (Å²) in [5, 5.41) is 14.8. The molecule has 0 amide bonds. The van der Waals surface area contributed by atoms with E-state index in [4.69, 9.17) is 21.7 Å². The first-order valence-corrected chi connectivity index (χ1v) is 9.22. The van der Waals surface area contributed by atoms with Crippen molar-refractivity contribution in [3.8, 4) is 11.5 Å². The van der Waals surface area contributed by atoms with Crippen LogP contribution >= 0.6 is 12.2 Å². The van der Waals surface area contributed by atoms with Gasteiger partial charge in [0.25, 0.3) is 0 Å². The molecule has 0 aromatic heterocycles. The van der Waals surface area contributed by atoms with E-state index in [-0.39, 0.29) is 16.9 Å². The van der Waals surface area contributed by atoms with Crippen molar-refractivity contribution >= 4 is 23.1 Å². The fraction of sp³-hybridized carbons (Fsp3) is 0.300. The number of benzene rings is 2. The predicted octanol–water partition coefficient (Wildman–Crippen LogP) is 2.97. The molecule has 2 aromatic rings. The Morgan fingerprint density at radius 2 is 1.73 bits per heavy atom. The van der Waals surface area contributed by atoms with E-state index in [2.05, 4.69) is 5.32 Å². The third-order valence-electron chi connectivity index (χ3n) is 4.91. The Hall–Kier alpha value is -2.85. The van der Waals surface area contributed by atoms with E-state index in [1.165, 1.54) is 56.7 Å². The highest BCUT2D eigenvalue weighted by molar-refractivity contribution is 7.80. The Morgan fingerprint density at radius 3 is 2.30 bits per heavy atom. The molecule has 3 atom stereocenters. The smallest absolute Gasteiger partial charge is 0.437 e. The molecule has 0 aliphatic carbocycles. The minimum absolute atomic E-state index is 0.0204. The Balaban J connectivity index is 2.18. The molecular weight excluding hydrogens is 421 g/mol. The van der Waals surface area contributed by atoms with Crippen LogP contribution in [0.5, 0.6) is 11.5 Å². The number of hydrogen-bond donors (Lipinski definition) is 3. The molecule has 1 saturated heterocycles. The number of halogens is 3. The van der Waals surface area contributed by atoms with E-state index >= 15 is 0 Å². The highest BCUT2D eigenvalue weighted by atomic mass is 32.1. The second kappa shape index (κ2) is 8.11. The van der Waals surface area contributed by atoms with E-state index < -0.39 is 34.8 Å². The topological polar surface area (TPSA) is 79.8 Å². The minimum atomic E-state index is -5.19. The molecule has 3 rings (SSSR count). The van der Waals surface area contributed by atoms with Crippen molar-refractivity contribution in [2.75, 3.05) is 14.2 Å². The molecule has 0 radical (unpaired) electrons. The zero-order chi connectivity index (χ0) is 22.1. The molecule has 1 aliphatic rings. The van der Waals surface area contributed by atoms with Crippen molar-refractivity contribution in [1.29, 1.82) is 0 Å². The molecule has 10 heteroatoms. The van der Waals surface area contributed by atoms with Crippen molar-refractivity contribution in [1.82, 2.24) is 10.6 Å². The number of alkyl halides is 3. The highest BCUT2D eigenvalue weighted by Gasteiger charge is 2.65. The summed E-state index contributed by atoms with van der Waals surface area (Å²) in [5.41, 5.74) is -3.30. The predicted molar refractivity (Wildman–Crippen MR) is 106 cm³/mol. The highest BCUT2D eigenvalue weighted by Crippen LogP contribution is 2.45. The summed E-state index contributed by atoms with van der Waals surface area (Å²) < 4.78 is 52.3. The Bertz CT molecular complexity index is 955. The summed E-state index contributed by atoms with van der Waals surface area (Å²) in [5.74, 6) is -2.28. The van der Waals surface area contributed by atoms with Gasteiger partial charge in [-0.05, 0) is 29.9 Å². The number of ketones is 1. The largest absolute Gasteiger partial charge is 0.493 e. The lowest BCUT2D eigenvalue weighted by Gasteiger charge is -2.46. The summed E-state index contributed by atoms with van der Waals surface area (Å²) in [7, 11) is 2.79.